The van der Waals surface area contributed by atoms with E-state index in [0.717, 1.165) is 24.5 Å². The van der Waals surface area contributed by atoms with Gasteiger partial charge in [-0.1, -0.05) is 26.2 Å². The fourth-order valence-corrected chi connectivity index (χ4v) is 3.65. The molecule has 0 saturated carbocycles. The van der Waals surface area contributed by atoms with Crippen molar-refractivity contribution in [3.05, 3.63) is 36.4 Å². The van der Waals surface area contributed by atoms with Gasteiger partial charge in [0.25, 0.3) is 0 Å². The summed E-state index contributed by atoms with van der Waals surface area (Å²) in [5.41, 5.74) is 6.73. The molecule has 1 heterocycles. The molecule has 0 bridgehead atoms. The number of nitrogens with two attached hydrogens (primary N) is 1. The van der Waals surface area contributed by atoms with E-state index in [0.29, 0.717) is 0 Å². The van der Waals surface area contributed by atoms with Crippen molar-refractivity contribution in [2.75, 3.05) is 12.3 Å². The van der Waals surface area contributed by atoms with Crippen LogP contribution in [-0.4, -0.2) is 6.61 Å². The number of hydrogen-bond donors (Lipinski definition) is 1. The van der Waals surface area contributed by atoms with Crippen molar-refractivity contribution in [3.8, 4) is 5.75 Å². The van der Waals surface area contributed by atoms with Gasteiger partial charge in [0, 0.05) is 25.9 Å². The molecule has 0 aliphatic heterocycles. The Bertz CT molecular complexity index is 747. The molecule has 110 valence electrons. The summed E-state index contributed by atoms with van der Waals surface area (Å²) >= 11 is 1.80. The second-order valence-corrected chi connectivity index (χ2v) is 6.51. The third-order valence-corrected chi connectivity index (χ3v) is 4.88. The van der Waals surface area contributed by atoms with E-state index in [1.165, 1.54) is 39.4 Å². The molecule has 21 heavy (non-hydrogen) atoms. The highest BCUT2D eigenvalue weighted by molar-refractivity contribution is 7.25. The van der Waals surface area contributed by atoms with E-state index in [2.05, 4.69) is 37.3 Å². The van der Waals surface area contributed by atoms with Crippen LogP contribution in [0.5, 0.6) is 5.75 Å². The molecule has 0 saturated heterocycles. The molecule has 2 aromatic carbocycles. The predicted molar refractivity (Wildman–Crippen MR) is 93.4 cm³/mol. The van der Waals surface area contributed by atoms with Crippen LogP contribution in [0.3, 0.4) is 0 Å². The highest BCUT2D eigenvalue weighted by Crippen LogP contribution is 2.36. The number of nitrogen functional groups attached to an aromatic ring is 1. The van der Waals surface area contributed by atoms with Crippen molar-refractivity contribution in [1.29, 1.82) is 0 Å². The maximum absolute atomic E-state index is 5.91. The number of benzene rings is 2. The number of rotatable bonds is 6. The Morgan fingerprint density at radius 3 is 2.52 bits per heavy atom. The molecule has 3 aromatic rings. The largest absolute Gasteiger partial charge is 0.494 e. The third kappa shape index (κ3) is 3.13. The first-order valence-corrected chi connectivity index (χ1v) is 8.44. The quantitative estimate of drug-likeness (QED) is 0.475. The lowest BCUT2D eigenvalue weighted by Crippen LogP contribution is -1.96. The van der Waals surface area contributed by atoms with E-state index in [1.807, 2.05) is 6.07 Å². The zero-order valence-corrected chi connectivity index (χ0v) is 13.2. The van der Waals surface area contributed by atoms with Gasteiger partial charge in [0.2, 0.25) is 0 Å². The van der Waals surface area contributed by atoms with Crippen molar-refractivity contribution in [3.63, 3.8) is 0 Å². The van der Waals surface area contributed by atoms with Gasteiger partial charge in [0.05, 0.1) is 6.61 Å². The monoisotopic (exact) mass is 299 g/mol. The topological polar surface area (TPSA) is 35.2 Å². The minimum atomic E-state index is 0.801. The summed E-state index contributed by atoms with van der Waals surface area (Å²) in [6.45, 7) is 3.03. The van der Waals surface area contributed by atoms with Crippen molar-refractivity contribution in [2.24, 2.45) is 0 Å². The minimum Gasteiger partial charge on any atom is -0.494 e. The van der Waals surface area contributed by atoms with Gasteiger partial charge >= 0.3 is 0 Å². The highest BCUT2D eigenvalue weighted by atomic mass is 32.1. The van der Waals surface area contributed by atoms with Gasteiger partial charge in [-0.25, -0.2) is 0 Å². The van der Waals surface area contributed by atoms with Gasteiger partial charge in [-0.3, -0.25) is 0 Å². The normalized spacial score (nSPS) is 11.3. The molecule has 0 unspecified atom stereocenters. The highest BCUT2D eigenvalue weighted by Gasteiger charge is 2.06. The Balaban J connectivity index is 1.81. The fraction of sp³-hybridized carbons (Fsp3) is 0.333. The van der Waals surface area contributed by atoms with Gasteiger partial charge in [-0.05, 0) is 42.8 Å². The Morgan fingerprint density at radius 1 is 0.952 bits per heavy atom. The van der Waals surface area contributed by atoms with Crippen LogP contribution < -0.4 is 10.5 Å². The second-order valence-electron chi connectivity index (χ2n) is 5.42. The summed E-state index contributed by atoms with van der Waals surface area (Å²) in [5.74, 6) is 0.959. The SMILES string of the molecule is CCCCCCOc1ccc2sc3ccc(N)cc3c2c1. The zero-order valence-electron chi connectivity index (χ0n) is 12.4. The minimum absolute atomic E-state index is 0.801. The number of anilines is 1. The van der Waals surface area contributed by atoms with E-state index in [9.17, 15) is 0 Å². The van der Waals surface area contributed by atoms with Crippen molar-refractivity contribution >= 4 is 37.2 Å². The molecule has 2 N–H and O–H groups in total. The molecule has 0 atom stereocenters. The first-order valence-electron chi connectivity index (χ1n) is 7.62. The molecular formula is C18H21NOS. The van der Waals surface area contributed by atoms with Crippen molar-refractivity contribution < 1.29 is 4.74 Å². The van der Waals surface area contributed by atoms with Crippen LogP contribution in [0.4, 0.5) is 5.69 Å². The van der Waals surface area contributed by atoms with Crippen LogP contribution >= 0.6 is 11.3 Å². The average molecular weight is 299 g/mol. The van der Waals surface area contributed by atoms with Gasteiger partial charge in [-0.2, -0.15) is 0 Å². The van der Waals surface area contributed by atoms with E-state index < -0.39 is 0 Å². The van der Waals surface area contributed by atoms with Gasteiger partial charge in [-0.15, -0.1) is 11.3 Å². The van der Waals surface area contributed by atoms with E-state index >= 15 is 0 Å². The molecule has 3 rings (SSSR count). The van der Waals surface area contributed by atoms with Crippen LogP contribution in [0, 0.1) is 0 Å². The molecule has 3 heteroatoms. The number of thiophene rings is 1. The van der Waals surface area contributed by atoms with Crippen molar-refractivity contribution in [1.82, 2.24) is 0 Å². The van der Waals surface area contributed by atoms with E-state index in [4.69, 9.17) is 10.5 Å². The van der Waals surface area contributed by atoms with Crippen LogP contribution in [0.2, 0.25) is 0 Å². The second kappa shape index (κ2) is 6.35. The fourth-order valence-electron chi connectivity index (χ4n) is 2.58. The van der Waals surface area contributed by atoms with Crippen LogP contribution in [-0.2, 0) is 0 Å². The lowest BCUT2D eigenvalue weighted by atomic mass is 10.1. The average Bonchev–Trinajstić information content (AvgIpc) is 2.84. The summed E-state index contributed by atoms with van der Waals surface area (Å²) < 4.78 is 8.45. The summed E-state index contributed by atoms with van der Waals surface area (Å²) in [4.78, 5) is 0. The maximum Gasteiger partial charge on any atom is 0.120 e. The standard InChI is InChI=1S/C18H21NOS/c1-2-3-4-5-10-20-14-7-9-18-16(12-14)15-11-13(19)6-8-17(15)21-18/h6-9,11-12H,2-5,10,19H2,1H3. The maximum atomic E-state index is 5.91. The lowest BCUT2D eigenvalue weighted by molar-refractivity contribution is 0.305. The number of ether oxygens (including phenoxy) is 1. The first-order chi connectivity index (χ1) is 10.3. The van der Waals surface area contributed by atoms with Gasteiger partial charge in [0.1, 0.15) is 5.75 Å². The Hall–Kier alpha value is -1.74. The van der Waals surface area contributed by atoms with Gasteiger partial charge < -0.3 is 10.5 Å². The zero-order chi connectivity index (χ0) is 14.7. The van der Waals surface area contributed by atoms with Crippen LogP contribution in [0.25, 0.3) is 20.2 Å². The summed E-state index contributed by atoms with van der Waals surface area (Å²) in [5, 5.41) is 2.47. The summed E-state index contributed by atoms with van der Waals surface area (Å²) in [7, 11) is 0. The Morgan fingerprint density at radius 2 is 1.71 bits per heavy atom. The number of fused-ring (bicyclic) bond motifs is 3. The molecule has 0 amide bonds. The Kier molecular flexibility index (Phi) is 4.30. The molecule has 0 spiro atoms. The molecule has 0 radical (unpaired) electrons. The molecule has 0 fully saturated rings. The van der Waals surface area contributed by atoms with Crippen LogP contribution in [0.15, 0.2) is 36.4 Å². The third-order valence-electron chi connectivity index (χ3n) is 3.73. The van der Waals surface area contributed by atoms with Crippen molar-refractivity contribution in [2.45, 2.75) is 32.6 Å². The van der Waals surface area contributed by atoms with Gasteiger partial charge in [0.15, 0.2) is 0 Å². The molecule has 0 aliphatic rings. The van der Waals surface area contributed by atoms with Crippen LogP contribution in [0.1, 0.15) is 32.6 Å². The van der Waals surface area contributed by atoms with E-state index in [1.54, 1.807) is 11.3 Å². The molecule has 1 aromatic heterocycles. The number of unbranched alkanes of at least 4 members (excludes halogenated alkanes) is 3. The smallest absolute Gasteiger partial charge is 0.120 e. The summed E-state index contributed by atoms with van der Waals surface area (Å²) in [6.07, 6.45) is 4.92. The molecule has 2 nitrogen and oxygen atoms in total. The predicted octanol–water partition coefficient (Wildman–Crippen LogP) is 5.60. The lowest BCUT2D eigenvalue weighted by Gasteiger charge is -2.06. The number of hydrogen-bond acceptors (Lipinski definition) is 3. The first kappa shape index (κ1) is 14.2. The molecule has 0 aliphatic carbocycles. The van der Waals surface area contributed by atoms with E-state index in [-0.39, 0.29) is 0 Å². The molecular weight excluding hydrogens is 278 g/mol. The Labute approximate surface area is 129 Å². The summed E-state index contributed by atoms with van der Waals surface area (Å²) in [6, 6.07) is 12.5.